The molecule has 14 heavy (non-hydrogen) atoms. The minimum atomic E-state index is 0.487. The van der Waals surface area contributed by atoms with Gasteiger partial charge in [-0.15, -0.1) is 11.6 Å². The minimum Gasteiger partial charge on any atom is -0.480 e. The van der Waals surface area contributed by atoms with E-state index in [0.29, 0.717) is 29.4 Å². The molecule has 0 radical (unpaired) electrons. The van der Waals surface area contributed by atoms with Crippen LogP contribution in [-0.2, 0) is 0 Å². The average Bonchev–Trinajstić information content (AvgIpc) is 2.19. The molecule has 0 fully saturated rings. The second kappa shape index (κ2) is 5.36. The van der Waals surface area contributed by atoms with Crippen LogP contribution in [-0.4, -0.2) is 18.0 Å². The van der Waals surface area contributed by atoms with E-state index in [4.69, 9.17) is 22.1 Å². The number of pyridine rings is 1. The van der Waals surface area contributed by atoms with Gasteiger partial charge in [0, 0.05) is 12.3 Å². The first kappa shape index (κ1) is 10.7. The highest BCUT2D eigenvalue weighted by atomic mass is 35.5. The Hall–Kier alpha value is -1.40. The van der Waals surface area contributed by atoms with Crippen LogP contribution >= 0.6 is 11.6 Å². The lowest BCUT2D eigenvalue weighted by Crippen LogP contribution is -1.94. The first-order chi connectivity index (χ1) is 6.77. The second-order valence-corrected chi connectivity index (χ2v) is 2.94. The molecule has 0 amide bonds. The molecule has 1 aromatic rings. The third kappa shape index (κ3) is 2.82. The molecule has 0 aliphatic rings. The molecule has 0 bridgehead atoms. The molecule has 0 atom stereocenters. The van der Waals surface area contributed by atoms with Gasteiger partial charge >= 0.3 is 0 Å². The highest BCUT2D eigenvalue weighted by Gasteiger charge is 2.00. The van der Waals surface area contributed by atoms with Crippen LogP contribution in [0.25, 0.3) is 0 Å². The molecule has 1 rings (SSSR count). The van der Waals surface area contributed by atoms with Crippen LogP contribution in [0.2, 0.25) is 0 Å². The van der Waals surface area contributed by atoms with Crippen LogP contribution in [0.15, 0.2) is 12.3 Å². The summed E-state index contributed by atoms with van der Waals surface area (Å²) in [5.41, 5.74) is 6.84. The van der Waals surface area contributed by atoms with Crippen LogP contribution in [0.5, 0.6) is 5.88 Å². The van der Waals surface area contributed by atoms with Gasteiger partial charge in [-0.05, 0) is 6.07 Å². The van der Waals surface area contributed by atoms with E-state index in [-0.39, 0.29) is 0 Å². The van der Waals surface area contributed by atoms with E-state index in [1.165, 1.54) is 6.20 Å². The molecule has 0 aromatic carbocycles. The predicted octanol–water partition coefficient (Wildman–Crippen LogP) is 1.65. The molecule has 0 aliphatic heterocycles. The molecule has 1 aromatic heterocycles. The van der Waals surface area contributed by atoms with Gasteiger partial charge in [0.25, 0.3) is 0 Å². The normalized spacial score (nSPS) is 9.00. The van der Waals surface area contributed by atoms with Gasteiger partial charge < -0.3 is 10.5 Å². The highest BCUT2D eigenvalue weighted by molar-refractivity contribution is 6.18. The Kier molecular flexibility index (Phi) is 4.09. The number of nitrogens with zero attached hydrogens (tertiary/aromatic N) is 1. The van der Waals surface area contributed by atoms with Gasteiger partial charge in [0.2, 0.25) is 5.88 Å². The quantitative estimate of drug-likeness (QED) is 0.597. The Balaban J connectivity index is 2.94. The maximum absolute atomic E-state index is 5.57. The fourth-order valence-corrected chi connectivity index (χ4v) is 1.02. The molecule has 0 saturated carbocycles. The van der Waals surface area contributed by atoms with Crippen molar-refractivity contribution in [1.82, 2.24) is 4.98 Å². The summed E-state index contributed by atoms with van der Waals surface area (Å²) >= 11 is 5.50. The maximum Gasteiger partial charge on any atom is 0.229 e. The standard InChI is InChI=1S/C10H11ClN2O/c1-14-10-8(4-2-3-5-11)6-9(12)7-13-10/h6-7H,3,5,12H2,1H3. The number of hydrogen-bond donors (Lipinski definition) is 1. The Morgan fingerprint density at radius 1 is 1.64 bits per heavy atom. The van der Waals surface area contributed by atoms with Crippen LogP contribution < -0.4 is 10.5 Å². The summed E-state index contributed by atoms with van der Waals surface area (Å²) in [7, 11) is 1.55. The number of ether oxygens (including phenoxy) is 1. The van der Waals surface area contributed by atoms with Crippen molar-refractivity contribution in [2.75, 3.05) is 18.7 Å². The van der Waals surface area contributed by atoms with E-state index in [0.717, 1.165) is 0 Å². The largest absolute Gasteiger partial charge is 0.480 e. The predicted molar refractivity (Wildman–Crippen MR) is 57.4 cm³/mol. The summed E-state index contributed by atoms with van der Waals surface area (Å²) in [5.74, 6) is 6.81. The molecule has 4 heteroatoms. The monoisotopic (exact) mass is 210 g/mol. The van der Waals surface area contributed by atoms with Crippen molar-refractivity contribution in [3.63, 3.8) is 0 Å². The molecule has 1 heterocycles. The highest BCUT2D eigenvalue weighted by Crippen LogP contribution is 2.15. The summed E-state index contributed by atoms with van der Waals surface area (Å²) in [5, 5.41) is 0. The molecule has 74 valence electrons. The number of nitrogens with two attached hydrogens (primary N) is 1. The van der Waals surface area contributed by atoms with Crippen LogP contribution in [0.1, 0.15) is 12.0 Å². The van der Waals surface area contributed by atoms with E-state index in [9.17, 15) is 0 Å². The van der Waals surface area contributed by atoms with Gasteiger partial charge in [-0.3, -0.25) is 0 Å². The van der Waals surface area contributed by atoms with Gasteiger partial charge in [0.15, 0.2) is 0 Å². The molecule has 0 spiro atoms. The Labute approximate surface area is 88.2 Å². The average molecular weight is 211 g/mol. The van der Waals surface area contributed by atoms with Crippen molar-refractivity contribution in [3.05, 3.63) is 17.8 Å². The summed E-state index contributed by atoms with van der Waals surface area (Å²) in [4.78, 5) is 3.99. The van der Waals surface area contributed by atoms with Crippen molar-refractivity contribution >= 4 is 17.3 Å². The molecule has 0 aliphatic carbocycles. The maximum atomic E-state index is 5.57. The summed E-state index contributed by atoms with van der Waals surface area (Å²) < 4.78 is 5.03. The van der Waals surface area contributed by atoms with Gasteiger partial charge in [-0.1, -0.05) is 11.8 Å². The third-order valence-corrected chi connectivity index (χ3v) is 1.70. The van der Waals surface area contributed by atoms with Crippen molar-refractivity contribution in [2.45, 2.75) is 6.42 Å². The number of hydrogen-bond acceptors (Lipinski definition) is 3. The fraction of sp³-hybridized carbons (Fsp3) is 0.300. The van der Waals surface area contributed by atoms with Crippen LogP contribution in [0.3, 0.4) is 0 Å². The Morgan fingerprint density at radius 3 is 3.07 bits per heavy atom. The van der Waals surface area contributed by atoms with E-state index >= 15 is 0 Å². The number of rotatable bonds is 2. The summed E-state index contributed by atoms with van der Waals surface area (Å²) in [6, 6.07) is 1.73. The van der Waals surface area contributed by atoms with E-state index < -0.39 is 0 Å². The Morgan fingerprint density at radius 2 is 2.43 bits per heavy atom. The lowest BCUT2D eigenvalue weighted by molar-refractivity contribution is 0.397. The van der Waals surface area contributed by atoms with Crippen molar-refractivity contribution in [3.8, 4) is 17.7 Å². The molecule has 0 saturated heterocycles. The van der Waals surface area contributed by atoms with Gasteiger partial charge in [-0.25, -0.2) is 4.98 Å². The summed E-state index contributed by atoms with van der Waals surface area (Å²) in [6.07, 6.45) is 2.17. The zero-order chi connectivity index (χ0) is 10.4. The SMILES string of the molecule is COc1ncc(N)cc1C#CCCCl. The van der Waals surface area contributed by atoms with E-state index in [1.807, 2.05) is 0 Å². The van der Waals surface area contributed by atoms with Gasteiger partial charge in [-0.2, -0.15) is 0 Å². The van der Waals surface area contributed by atoms with Gasteiger partial charge in [0.1, 0.15) is 0 Å². The fourth-order valence-electron chi connectivity index (χ4n) is 0.926. The van der Waals surface area contributed by atoms with Crippen molar-refractivity contribution < 1.29 is 4.74 Å². The van der Waals surface area contributed by atoms with Crippen molar-refractivity contribution in [2.24, 2.45) is 0 Å². The lowest BCUT2D eigenvalue weighted by atomic mass is 10.2. The van der Waals surface area contributed by atoms with Crippen LogP contribution in [0, 0.1) is 11.8 Å². The number of anilines is 1. The molecule has 2 N–H and O–H groups in total. The zero-order valence-electron chi connectivity index (χ0n) is 7.88. The molecule has 3 nitrogen and oxygen atoms in total. The smallest absolute Gasteiger partial charge is 0.229 e. The third-order valence-electron chi connectivity index (χ3n) is 1.51. The first-order valence-electron chi connectivity index (χ1n) is 4.12. The zero-order valence-corrected chi connectivity index (χ0v) is 8.64. The number of alkyl halides is 1. The summed E-state index contributed by atoms with van der Waals surface area (Å²) in [6.45, 7) is 0. The minimum absolute atomic E-state index is 0.487. The van der Waals surface area contributed by atoms with Crippen molar-refractivity contribution in [1.29, 1.82) is 0 Å². The molecular weight excluding hydrogens is 200 g/mol. The number of aromatic nitrogens is 1. The topological polar surface area (TPSA) is 48.1 Å². The Bertz CT molecular complexity index is 368. The number of methoxy groups -OCH3 is 1. The van der Waals surface area contributed by atoms with E-state index in [1.54, 1.807) is 13.2 Å². The second-order valence-electron chi connectivity index (χ2n) is 2.57. The first-order valence-corrected chi connectivity index (χ1v) is 4.65. The molecule has 0 unspecified atom stereocenters. The van der Waals surface area contributed by atoms with Gasteiger partial charge in [0.05, 0.1) is 24.6 Å². The van der Waals surface area contributed by atoms with E-state index in [2.05, 4.69) is 16.8 Å². The number of halogens is 1. The lowest BCUT2D eigenvalue weighted by Gasteiger charge is -2.01. The van der Waals surface area contributed by atoms with Crippen LogP contribution in [0.4, 0.5) is 5.69 Å². The number of nitrogen functional groups attached to an aromatic ring is 1. The molecular formula is C10H11ClN2O.